The van der Waals surface area contributed by atoms with Crippen molar-refractivity contribution in [3.63, 3.8) is 0 Å². The van der Waals surface area contributed by atoms with E-state index in [-0.39, 0.29) is 19.1 Å². The van der Waals surface area contributed by atoms with Gasteiger partial charge in [0.2, 0.25) is 0 Å². The molecule has 0 saturated carbocycles. The van der Waals surface area contributed by atoms with E-state index >= 15 is 0 Å². The van der Waals surface area contributed by atoms with Crippen LogP contribution in [0.15, 0.2) is 67.3 Å². The Morgan fingerprint density at radius 1 is 1.04 bits per heavy atom. The van der Waals surface area contributed by atoms with Crippen molar-refractivity contribution < 1.29 is 9.90 Å². The van der Waals surface area contributed by atoms with Gasteiger partial charge in [-0.25, -0.2) is 4.68 Å². The molecule has 130 valence electrons. The first-order valence-electron chi connectivity index (χ1n) is 8.23. The van der Waals surface area contributed by atoms with Crippen molar-refractivity contribution in [1.29, 1.82) is 0 Å². The maximum atomic E-state index is 12.0. The van der Waals surface area contributed by atoms with Gasteiger partial charge in [0.15, 0.2) is 5.69 Å². The Labute approximate surface area is 149 Å². The van der Waals surface area contributed by atoms with Crippen molar-refractivity contribution in [3.8, 4) is 16.9 Å². The molecule has 4 aromatic rings. The summed E-state index contributed by atoms with van der Waals surface area (Å²) in [6, 6.07) is 13.6. The molecule has 0 aliphatic heterocycles. The minimum absolute atomic E-state index is 0.104. The third-order valence-electron chi connectivity index (χ3n) is 4.10. The number of aliphatic hydroxyl groups is 1. The Hall–Kier alpha value is -3.45. The second-order valence-corrected chi connectivity index (χ2v) is 5.77. The predicted molar refractivity (Wildman–Crippen MR) is 97.2 cm³/mol. The molecular weight excluding hydrogens is 330 g/mol. The molecule has 0 fully saturated rings. The molecular formula is C19H17N5O2. The minimum Gasteiger partial charge on any atom is -0.395 e. The van der Waals surface area contributed by atoms with Crippen LogP contribution in [0.4, 0.5) is 0 Å². The van der Waals surface area contributed by atoms with Crippen LogP contribution in [0.3, 0.4) is 0 Å². The fourth-order valence-electron chi connectivity index (χ4n) is 2.82. The van der Waals surface area contributed by atoms with Gasteiger partial charge in [-0.2, -0.15) is 5.10 Å². The molecule has 1 amide bonds. The molecule has 0 aromatic carbocycles. The Bertz CT molecular complexity index is 1050. The molecule has 0 unspecified atom stereocenters. The Morgan fingerprint density at radius 3 is 2.65 bits per heavy atom. The number of nitrogens with zero attached hydrogens (tertiary/aromatic N) is 4. The zero-order valence-corrected chi connectivity index (χ0v) is 13.9. The minimum atomic E-state index is -0.309. The quantitative estimate of drug-likeness (QED) is 0.578. The van der Waals surface area contributed by atoms with Gasteiger partial charge in [0.25, 0.3) is 5.91 Å². The first-order chi connectivity index (χ1) is 12.8. The molecule has 4 aromatic heterocycles. The number of carbonyl (C=O) groups is 1. The highest BCUT2D eigenvalue weighted by Gasteiger charge is 2.12. The van der Waals surface area contributed by atoms with E-state index in [1.165, 1.54) is 0 Å². The topological polar surface area (TPSA) is 84.5 Å². The lowest BCUT2D eigenvalue weighted by molar-refractivity contribution is 0.0939. The lowest BCUT2D eigenvalue weighted by Gasteiger charge is -2.07. The maximum absolute atomic E-state index is 12.0. The summed E-state index contributed by atoms with van der Waals surface area (Å²) in [5, 5.41) is 15.8. The number of rotatable bonds is 5. The van der Waals surface area contributed by atoms with Crippen LogP contribution >= 0.6 is 0 Å². The van der Waals surface area contributed by atoms with E-state index in [1.54, 1.807) is 29.3 Å². The normalized spacial score (nSPS) is 11.0. The van der Waals surface area contributed by atoms with Crippen LogP contribution in [0.5, 0.6) is 0 Å². The summed E-state index contributed by atoms with van der Waals surface area (Å²) < 4.78 is 3.69. The van der Waals surface area contributed by atoms with Crippen molar-refractivity contribution >= 4 is 11.4 Å². The van der Waals surface area contributed by atoms with Gasteiger partial charge < -0.3 is 14.8 Å². The molecule has 0 bridgehead atoms. The van der Waals surface area contributed by atoms with Crippen LogP contribution in [-0.4, -0.2) is 43.3 Å². The van der Waals surface area contributed by atoms with Gasteiger partial charge in [-0.15, -0.1) is 0 Å². The van der Waals surface area contributed by atoms with Crippen LogP contribution in [0, 0.1) is 0 Å². The fraction of sp³-hybridized carbons (Fsp3) is 0.105. The average Bonchev–Trinajstić information content (AvgIpc) is 3.33. The van der Waals surface area contributed by atoms with Crippen LogP contribution in [0.1, 0.15) is 10.5 Å². The SMILES string of the molecule is O=C(NCCO)c1ccn(-c2ccc3ccc(-c4ccncc4)cn23)n1. The first kappa shape index (κ1) is 16.0. The zero-order valence-electron chi connectivity index (χ0n) is 13.9. The van der Waals surface area contributed by atoms with Gasteiger partial charge in [-0.1, -0.05) is 6.07 Å². The van der Waals surface area contributed by atoms with Crippen molar-refractivity contribution in [1.82, 2.24) is 24.5 Å². The lowest BCUT2D eigenvalue weighted by Crippen LogP contribution is -2.26. The summed E-state index contributed by atoms with van der Waals surface area (Å²) >= 11 is 0. The number of pyridine rings is 2. The van der Waals surface area contributed by atoms with Gasteiger partial charge in [0, 0.05) is 36.8 Å². The van der Waals surface area contributed by atoms with Gasteiger partial charge in [0.05, 0.1) is 6.61 Å². The largest absolute Gasteiger partial charge is 0.395 e. The van der Waals surface area contributed by atoms with Gasteiger partial charge in [-0.3, -0.25) is 9.78 Å². The van der Waals surface area contributed by atoms with Gasteiger partial charge in [-0.05, 0) is 47.5 Å². The number of hydrogen-bond donors (Lipinski definition) is 2. The Balaban J connectivity index is 1.71. The first-order valence-corrected chi connectivity index (χ1v) is 8.23. The number of amides is 1. The van der Waals surface area contributed by atoms with Gasteiger partial charge in [0.1, 0.15) is 5.82 Å². The second kappa shape index (κ2) is 6.81. The van der Waals surface area contributed by atoms with Gasteiger partial charge >= 0.3 is 0 Å². The number of aliphatic hydroxyl groups excluding tert-OH is 1. The summed E-state index contributed by atoms with van der Waals surface area (Å²) in [5.41, 5.74) is 3.47. The van der Waals surface area contributed by atoms with E-state index in [4.69, 9.17) is 5.11 Å². The summed E-state index contributed by atoms with van der Waals surface area (Å²) in [4.78, 5) is 16.0. The molecule has 7 heteroatoms. The van der Waals surface area contributed by atoms with Crippen LogP contribution in [-0.2, 0) is 0 Å². The second-order valence-electron chi connectivity index (χ2n) is 5.77. The molecule has 2 N–H and O–H groups in total. The lowest BCUT2D eigenvalue weighted by atomic mass is 10.1. The molecule has 0 spiro atoms. The molecule has 0 saturated heterocycles. The molecule has 4 heterocycles. The average molecular weight is 347 g/mol. The smallest absolute Gasteiger partial charge is 0.271 e. The molecule has 0 radical (unpaired) electrons. The summed E-state index contributed by atoms with van der Waals surface area (Å²) in [5.74, 6) is 0.522. The Morgan fingerprint density at radius 2 is 1.85 bits per heavy atom. The molecule has 0 aliphatic rings. The predicted octanol–water partition coefficient (Wildman–Crippen LogP) is 1.91. The van der Waals surface area contributed by atoms with Crippen molar-refractivity contribution in [2.75, 3.05) is 13.2 Å². The maximum Gasteiger partial charge on any atom is 0.271 e. The molecule has 7 nitrogen and oxygen atoms in total. The molecule has 4 rings (SSSR count). The standard InChI is InChI=1S/C19H17N5O2/c25-12-10-21-19(26)17-7-11-24(22-17)18-4-3-16-2-1-15(13-23(16)18)14-5-8-20-9-6-14/h1-9,11,13,25H,10,12H2,(H,21,26). The third kappa shape index (κ3) is 2.96. The highest BCUT2D eigenvalue weighted by Crippen LogP contribution is 2.22. The molecule has 0 atom stereocenters. The number of fused-ring (bicyclic) bond motifs is 1. The number of nitrogens with one attached hydrogen (secondary N) is 1. The fourth-order valence-corrected chi connectivity index (χ4v) is 2.82. The number of carbonyl (C=O) groups excluding carboxylic acids is 1. The summed E-state index contributed by atoms with van der Waals surface area (Å²) in [7, 11) is 0. The van der Waals surface area contributed by atoms with E-state index in [1.807, 2.05) is 40.9 Å². The molecule has 0 aliphatic carbocycles. The summed E-state index contributed by atoms with van der Waals surface area (Å²) in [6.45, 7) is 0.0998. The van der Waals surface area contributed by atoms with E-state index in [9.17, 15) is 4.79 Å². The highest BCUT2D eigenvalue weighted by atomic mass is 16.3. The highest BCUT2D eigenvalue weighted by molar-refractivity contribution is 5.92. The van der Waals surface area contributed by atoms with Crippen LogP contribution < -0.4 is 5.32 Å². The molecule has 26 heavy (non-hydrogen) atoms. The van der Waals surface area contributed by atoms with E-state index < -0.39 is 0 Å². The van der Waals surface area contributed by atoms with Crippen molar-refractivity contribution in [2.45, 2.75) is 0 Å². The van der Waals surface area contributed by atoms with E-state index in [2.05, 4.69) is 21.5 Å². The van der Waals surface area contributed by atoms with Crippen LogP contribution in [0.2, 0.25) is 0 Å². The third-order valence-corrected chi connectivity index (χ3v) is 4.10. The van der Waals surface area contributed by atoms with Crippen molar-refractivity contribution in [3.05, 3.63) is 72.9 Å². The van der Waals surface area contributed by atoms with Crippen molar-refractivity contribution in [2.24, 2.45) is 0 Å². The summed E-state index contributed by atoms with van der Waals surface area (Å²) in [6.07, 6.45) is 7.31. The number of hydrogen-bond acceptors (Lipinski definition) is 4. The van der Waals surface area contributed by atoms with E-state index in [0.29, 0.717) is 5.69 Å². The zero-order chi connectivity index (χ0) is 17.9. The number of aromatic nitrogens is 4. The monoisotopic (exact) mass is 347 g/mol. The van der Waals surface area contributed by atoms with Crippen LogP contribution in [0.25, 0.3) is 22.5 Å². The Kier molecular flexibility index (Phi) is 4.20. The van der Waals surface area contributed by atoms with E-state index in [0.717, 1.165) is 22.5 Å².